The summed E-state index contributed by atoms with van der Waals surface area (Å²) in [4.78, 5) is 28.4. The van der Waals surface area contributed by atoms with Crippen molar-refractivity contribution in [3.8, 4) is 0 Å². The monoisotopic (exact) mass is 435 g/mol. The van der Waals surface area contributed by atoms with Crippen molar-refractivity contribution in [3.05, 3.63) is 113 Å². The van der Waals surface area contributed by atoms with Gasteiger partial charge in [0.2, 0.25) is 0 Å². The highest BCUT2D eigenvalue weighted by Gasteiger charge is 2.50. The van der Waals surface area contributed by atoms with Gasteiger partial charge in [0.05, 0.1) is 18.7 Å². The number of aryl methyl sites for hydroxylation is 2. The molecule has 1 aliphatic rings. The molecule has 4 aromatic rings. The lowest BCUT2D eigenvalue weighted by Gasteiger charge is -2.23. The molecule has 0 spiro atoms. The first-order valence-electron chi connectivity index (χ1n) is 11.1. The molecule has 4 nitrogen and oxygen atoms in total. The second kappa shape index (κ2) is 7.98. The van der Waals surface area contributed by atoms with Crippen molar-refractivity contribution < 1.29 is 14.7 Å². The van der Waals surface area contributed by atoms with Crippen molar-refractivity contribution in [1.82, 2.24) is 0 Å². The van der Waals surface area contributed by atoms with Crippen molar-refractivity contribution >= 4 is 28.2 Å². The fourth-order valence-electron chi connectivity index (χ4n) is 4.67. The molecule has 1 N–H and O–H groups in total. The van der Waals surface area contributed by atoms with Crippen LogP contribution in [0.2, 0.25) is 0 Å². The van der Waals surface area contributed by atoms with Gasteiger partial charge in [-0.1, -0.05) is 78.4 Å². The normalized spacial score (nSPS) is 17.4. The zero-order valence-electron chi connectivity index (χ0n) is 18.7. The van der Waals surface area contributed by atoms with Crippen LogP contribution in [-0.4, -0.2) is 16.8 Å². The lowest BCUT2D eigenvalue weighted by molar-refractivity contribution is -0.136. The maximum Gasteiger partial charge on any atom is 0.264 e. The molecule has 4 heteroatoms. The molecule has 1 atom stereocenters. The van der Waals surface area contributed by atoms with E-state index >= 15 is 0 Å². The van der Waals surface area contributed by atoms with Crippen LogP contribution in [0.1, 0.15) is 39.0 Å². The van der Waals surface area contributed by atoms with Crippen LogP contribution in [0.3, 0.4) is 0 Å². The van der Waals surface area contributed by atoms with E-state index in [2.05, 4.69) is 6.07 Å². The van der Waals surface area contributed by atoms with Crippen LogP contribution in [0, 0.1) is 13.8 Å². The molecule has 0 saturated carbocycles. The summed E-state index contributed by atoms with van der Waals surface area (Å²) in [7, 11) is 0. The number of carbonyl (C=O) groups excluding carboxylic acids is 2. The molecule has 5 rings (SSSR count). The highest BCUT2D eigenvalue weighted by molar-refractivity contribution is 6.11. The van der Waals surface area contributed by atoms with Gasteiger partial charge < -0.3 is 10.0 Å². The summed E-state index contributed by atoms with van der Waals surface area (Å²) in [5.41, 5.74) is 2.93. The quantitative estimate of drug-likeness (QED) is 0.423. The Morgan fingerprint density at radius 3 is 2.42 bits per heavy atom. The minimum Gasteiger partial charge on any atom is -0.375 e. The molecule has 164 valence electrons. The number of anilines is 1. The van der Waals surface area contributed by atoms with Gasteiger partial charge in [-0.3, -0.25) is 9.59 Å². The molecule has 0 aliphatic carbocycles. The van der Waals surface area contributed by atoms with Crippen molar-refractivity contribution in [2.24, 2.45) is 0 Å². The lowest BCUT2D eigenvalue weighted by Crippen LogP contribution is -2.41. The second-order valence-corrected chi connectivity index (χ2v) is 8.86. The van der Waals surface area contributed by atoms with Crippen LogP contribution < -0.4 is 4.90 Å². The number of hydrogen-bond acceptors (Lipinski definition) is 3. The Kier molecular flexibility index (Phi) is 5.10. The highest BCUT2D eigenvalue weighted by atomic mass is 16.3. The summed E-state index contributed by atoms with van der Waals surface area (Å²) in [5.74, 6) is -0.723. The molecule has 0 bridgehead atoms. The maximum atomic E-state index is 13.6. The summed E-state index contributed by atoms with van der Waals surface area (Å²) < 4.78 is 0. The first kappa shape index (κ1) is 21.1. The summed E-state index contributed by atoms with van der Waals surface area (Å²) >= 11 is 0. The highest BCUT2D eigenvalue weighted by Crippen LogP contribution is 2.43. The molecule has 0 aromatic heterocycles. The van der Waals surface area contributed by atoms with E-state index < -0.39 is 11.5 Å². The number of para-hydroxylation sites is 1. The number of amides is 1. The van der Waals surface area contributed by atoms with Gasteiger partial charge >= 0.3 is 0 Å². The number of fused-ring (bicyclic) bond motifs is 2. The second-order valence-electron chi connectivity index (χ2n) is 8.86. The van der Waals surface area contributed by atoms with E-state index in [9.17, 15) is 14.7 Å². The first-order valence-corrected chi connectivity index (χ1v) is 11.1. The maximum absolute atomic E-state index is 13.6. The summed E-state index contributed by atoms with van der Waals surface area (Å²) in [6.45, 7) is 4.37. The standard InChI is InChI=1S/C29H25NO3/c1-19-11-12-20(2)24(15-19)18-30-26-10-6-5-9-25(26)29(33,28(30)32)17-27(31)23-14-13-21-7-3-4-8-22(21)16-23/h3-16,33H,17-18H2,1-2H3/t29-/m1/s1. The topological polar surface area (TPSA) is 57.6 Å². The Hall–Kier alpha value is -3.76. The van der Waals surface area contributed by atoms with Crippen LogP contribution >= 0.6 is 0 Å². The number of ketones is 1. The van der Waals surface area contributed by atoms with E-state index in [4.69, 9.17) is 0 Å². The third-order valence-electron chi connectivity index (χ3n) is 6.56. The molecule has 0 fully saturated rings. The predicted octanol–water partition coefficient (Wildman–Crippen LogP) is 5.46. The molecule has 0 radical (unpaired) electrons. The Bertz CT molecular complexity index is 1410. The molecule has 0 saturated heterocycles. The number of carbonyl (C=O) groups is 2. The zero-order chi connectivity index (χ0) is 23.2. The molecule has 1 amide bonds. The SMILES string of the molecule is Cc1ccc(C)c(CN2C(=O)[C@@](O)(CC(=O)c3ccc4ccccc4c3)c3ccccc32)c1. The van der Waals surface area contributed by atoms with Crippen molar-refractivity contribution in [1.29, 1.82) is 0 Å². The number of benzene rings is 4. The number of aliphatic hydroxyl groups is 1. The molecule has 1 heterocycles. The Labute approximate surface area is 193 Å². The van der Waals surface area contributed by atoms with E-state index in [1.54, 1.807) is 23.1 Å². The number of hydrogen-bond donors (Lipinski definition) is 1. The minimum absolute atomic E-state index is 0.264. The van der Waals surface area contributed by atoms with Gasteiger partial charge in [-0.25, -0.2) is 0 Å². The van der Waals surface area contributed by atoms with Gasteiger partial charge in [-0.2, -0.15) is 0 Å². The zero-order valence-corrected chi connectivity index (χ0v) is 18.7. The fraction of sp³-hybridized carbons (Fsp3) is 0.172. The third kappa shape index (κ3) is 3.62. The molecular weight excluding hydrogens is 410 g/mol. The predicted molar refractivity (Wildman–Crippen MR) is 130 cm³/mol. The van der Waals surface area contributed by atoms with E-state index in [1.165, 1.54) is 0 Å². The van der Waals surface area contributed by atoms with Crippen molar-refractivity contribution in [3.63, 3.8) is 0 Å². The smallest absolute Gasteiger partial charge is 0.264 e. The van der Waals surface area contributed by atoms with Gasteiger partial charge in [-0.15, -0.1) is 0 Å². The van der Waals surface area contributed by atoms with E-state index in [1.807, 2.05) is 74.5 Å². The average molecular weight is 436 g/mol. The van der Waals surface area contributed by atoms with Crippen LogP contribution in [0.25, 0.3) is 10.8 Å². The van der Waals surface area contributed by atoms with E-state index in [0.717, 1.165) is 27.5 Å². The Morgan fingerprint density at radius 1 is 0.879 bits per heavy atom. The number of nitrogens with zero attached hydrogens (tertiary/aromatic N) is 1. The van der Waals surface area contributed by atoms with Gasteiger partial charge in [0.25, 0.3) is 5.91 Å². The molecule has 33 heavy (non-hydrogen) atoms. The molecule has 0 unspecified atom stereocenters. The number of rotatable bonds is 5. The van der Waals surface area contributed by atoms with E-state index in [0.29, 0.717) is 23.4 Å². The van der Waals surface area contributed by atoms with Crippen LogP contribution in [0.5, 0.6) is 0 Å². The van der Waals surface area contributed by atoms with Crippen LogP contribution in [0.15, 0.2) is 84.9 Å². The fourth-order valence-corrected chi connectivity index (χ4v) is 4.67. The van der Waals surface area contributed by atoms with Crippen molar-refractivity contribution in [2.45, 2.75) is 32.4 Å². The first-order chi connectivity index (χ1) is 15.9. The number of Topliss-reactive ketones (excluding diaryl/α,β-unsaturated/α-hetero) is 1. The summed E-state index contributed by atoms with van der Waals surface area (Å²) in [6.07, 6.45) is -0.301. The summed E-state index contributed by atoms with van der Waals surface area (Å²) in [5, 5.41) is 13.6. The summed E-state index contributed by atoms with van der Waals surface area (Å²) in [6, 6.07) is 26.6. The van der Waals surface area contributed by atoms with Gasteiger partial charge in [0, 0.05) is 11.1 Å². The van der Waals surface area contributed by atoms with Crippen LogP contribution in [-0.2, 0) is 16.9 Å². The van der Waals surface area contributed by atoms with Crippen molar-refractivity contribution in [2.75, 3.05) is 4.90 Å². The minimum atomic E-state index is -1.89. The largest absolute Gasteiger partial charge is 0.375 e. The third-order valence-corrected chi connectivity index (χ3v) is 6.56. The van der Waals surface area contributed by atoms with Crippen LogP contribution in [0.4, 0.5) is 5.69 Å². The van der Waals surface area contributed by atoms with Gasteiger partial charge in [-0.05, 0) is 47.9 Å². The van der Waals surface area contributed by atoms with Gasteiger partial charge in [0.15, 0.2) is 11.4 Å². The lowest BCUT2D eigenvalue weighted by atomic mass is 9.87. The molecule has 1 aliphatic heterocycles. The molecule has 4 aromatic carbocycles. The average Bonchev–Trinajstić information content (AvgIpc) is 3.03. The van der Waals surface area contributed by atoms with E-state index in [-0.39, 0.29) is 12.2 Å². The Morgan fingerprint density at radius 2 is 1.61 bits per heavy atom. The van der Waals surface area contributed by atoms with Gasteiger partial charge in [0.1, 0.15) is 0 Å². The molecular formula is C29H25NO3. The Balaban J connectivity index is 1.49.